The molecule has 1 aromatic carbocycles. The van der Waals surface area contributed by atoms with E-state index in [9.17, 15) is 0 Å². The van der Waals surface area contributed by atoms with Gasteiger partial charge in [-0.25, -0.2) is 9.97 Å². The SMILES string of the molecule is Cc1cc(C)n(C(C)CNc2nc(CCN)nc3ccccc23)n1. The minimum absolute atomic E-state index is 0.227. The van der Waals surface area contributed by atoms with E-state index >= 15 is 0 Å². The molecule has 6 heteroatoms. The molecule has 2 heterocycles. The fourth-order valence-electron chi connectivity index (χ4n) is 2.92. The Labute approximate surface area is 142 Å². The molecule has 0 aliphatic carbocycles. The molecular formula is C18H24N6. The molecule has 6 nitrogen and oxygen atoms in total. The molecule has 3 aromatic rings. The molecule has 0 radical (unpaired) electrons. The van der Waals surface area contributed by atoms with Gasteiger partial charge in [-0.2, -0.15) is 5.10 Å². The summed E-state index contributed by atoms with van der Waals surface area (Å²) >= 11 is 0. The predicted molar refractivity (Wildman–Crippen MR) is 97.2 cm³/mol. The molecular weight excluding hydrogens is 300 g/mol. The number of nitrogens with zero attached hydrogens (tertiary/aromatic N) is 4. The summed E-state index contributed by atoms with van der Waals surface area (Å²) in [4.78, 5) is 9.23. The maximum atomic E-state index is 5.66. The van der Waals surface area contributed by atoms with Crippen molar-refractivity contribution in [2.45, 2.75) is 33.2 Å². The standard InChI is InChI=1S/C18H24N6/c1-12-10-13(2)24(23-12)14(3)11-20-18-15-6-4-5-7-16(15)21-17(22-18)8-9-19/h4-7,10,14H,8-9,11,19H2,1-3H3,(H,20,21,22). The summed E-state index contributed by atoms with van der Waals surface area (Å²) in [6.45, 7) is 7.53. The van der Waals surface area contributed by atoms with E-state index in [0.717, 1.165) is 40.5 Å². The molecule has 0 aliphatic rings. The normalized spacial score (nSPS) is 12.5. The van der Waals surface area contributed by atoms with Crippen LogP contribution in [0.5, 0.6) is 0 Å². The van der Waals surface area contributed by atoms with Gasteiger partial charge >= 0.3 is 0 Å². The molecule has 2 aromatic heterocycles. The fraction of sp³-hybridized carbons (Fsp3) is 0.389. The average molecular weight is 324 g/mol. The summed E-state index contributed by atoms with van der Waals surface area (Å²) in [5.41, 5.74) is 8.81. The lowest BCUT2D eigenvalue weighted by molar-refractivity contribution is 0.497. The molecule has 0 saturated carbocycles. The Morgan fingerprint density at radius 3 is 2.71 bits per heavy atom. The molecule has 0 amide bonds. The van der Waals surface area contributed by atoms with Gasteiger partial charge in [0.1, 0.15) is 11.6 Å². The van der Waals surface area contributed by atoms with Crippen molar-refractivity contribution in [2.75, 3.05) is 18.4 Å². The van der Waals surface area contributed by atoms with Crippen molar-refractivity contribution in [3.8, 4) is 0 Å². The van der Waals surface area contributed by atoms with Crippen LogP contribution in [0.15, 0.2) is 30.3 Å². The van der Waals surface area contributed by atoms with Crippen LogP contribution in [-0.4, -0.2) is 32.8 Å². The quantitative estimate of drug-likeness (QED) is 0.728. The first-order valence-electron chi connectivity index (χ1n) is 8.31. The third-order valence-electron chi connectivity index (χ3n) is 4.04. The highest BCUT2D eigenvalue weighted by Crippen LogP contribution is 2.21. The van der Waals surface area contributed by atoms with Crippen LogP contribution in [-0.2, 0) is 6.42 Å². The number of anilines is 1. The average Bonchev–Trinajstić information content (AvgIpc) is 2.91. The summed E-state index contributed by atoms with van der Waals surface area (Å²) in [6, 6.07) is 10.4. The topological polar surface area (TPSA) is 81.7 Å². The highest BCUT2D eigenvalue weighted by molar-refractivity contribution is 5.88. The Balaban J connectivity index is 1.85. The first kappa shape index (κ1) is 16.4. The van der Waals surface area contributed by atoms with E-state index in [1.165, 1.54) is 0 Å². The third kappa shape index (κ3) is 3.38. The van der Waals surface area contributed by atoms with Crippen LogP contribution in [0.1, 0.15) is 30.2 Å². The zero-order valence-corrected chi connectivity index (χ0v) is 14.5. The third-order valence-corrected chi connectivity index (χ3v) is 4.04. The van der Waals surface area contributed by atoms with Gasteiger partial charge in [0.25, 0.3) is 0 Å². The van der Waals surface area contributed by atoms with Gasteiger partial charge in [0.15, 0.2) is 0 Å². The van der Waals surface area contributed by atoms with Crippen LogP contribution in [0.4, 0.5) is 5.82 Å². The predicted octanol–water partition coefficient (Wildman–Crippen LogP) is 2.62. The smallest absolute Gasteiger partial charge is 0.137 e. The van der Waals surface area contributed by atoms with Gasteiger partial charge in [0.05, 0.1) is 17.3 Å². The number of aromatic nitrogens is 4. The number of nitrogens with one attached hydrogen (secondary N) is 1. The lowest BCUT2D eigenvalue weighted by atomic mass is 10.2. The Morgan fingerprint density at radius 2 is 2.00 bits per heavy atom. The Kier molecular flexibility index (Phi) is 4.76. The van der Waals surface area contributed by atoms with Crippen LogP contribution < -0.4 is 11.1 Å². The van der Waals surface area contributed by atoms with Crippen molar-refractivity contribution < 1.29 is 0 Å². The number of para-hydroxylation sites is 1. The fourth-order valence-corrected chi connectivity index (χ4v) is 2.92. The zero-order chi connectivity index (χ0) is 17.1. The molecule has 126 valence electrons. The molecule has 0 fully saturated rings. The number of fused-ring (bicyclic) bond motifs is 1. The van der Waals surface area contributed by atoms with E-state index in [1.54, 1.807) is 0 Å². The number of rotatable bonds is 6. The summed E-state index contributed by atoms with van der Waals surface area (Å²) < 4.78 is 2.05. The molecule has 3 rings (SSSR count). The van der Waals surface area contributed by atoms with Crippen molar-refractivity contribution in [1.29, 1.82) is 0 Å². The monoisotopic (exact) mass is 324 g/mol. The zero-order valence-electron chi connectivity index (χ0n) is 14.5. The lowest BCUT2D eigenvalue weighted by Crippen LogP contribution is -2.19. The molecule has 0 bridgehead atoms. The van der Waals surface area contributed by atoms with Crippen molar-refractivity contribution in [3.05, 3.63) is 47.5 Å². The van der Waals surface area contributed by atoms with E-state index in [4.69, 9.17) is 5.73 Å². The van der Waals surface area contributed by atoms with Gasteiger partial charge in [0, 0.05) is 24.0 Å². The van der Waals surface area contributed by atoms with Crippen molar-refractivity contribution >= 4 is 16.7 Å². The summed E-state index contributed by atoms with van der Waals surface area (Å²) in [6.07, 6.45) is 0.673. The number of nitrogens with two attached hydrogens (primary N) is 1. The summed E-state index contributed by atoms with van der Waals surface area (Å²) in [7, 11) is 0. The highest BCUT2D eigenvalue weighted by Gasteiger charge is 2.12. The Bertz CT molecular complexity index is 839. The van der Waals surface area contributed by atoms with E-state index in [0.29, 0.717) is 13.0 Å². The maximum absolute atomic E-state index is 5.66. The number of aryl methyl sites for hydroxylation is 2. The number of benzene rings is 1. The molecule has 0 aliphatic heterocycles. The largest absolute Gasteiger partial charge is 0.367 e. The van der Waals surface area contributed by atoms with Crippen LogP contribution in [0, 0.1) is 13.8 Å². The second-order valence-electron chi connectivity index (χ2n) is 6.15. The van der Waals surface area contributed by atoms with Crippen LogP contribution >= 0.6 is 0 Å². The minimum Gasteiger partial charge on any atom is -0.367 e. The van der Waals surface area contributed by atoms with Gasteiger partial charge in [-0.1, -0.05) is 12.1 Å². The Morgan fingerprint density at radius 1 is 1.21 bits per heavy atom. The maximum Gasteiger partial charge on any atom is 0.137 e. The minimum atomic E-state index is 0.227. The van der Waals surface area contributed by atoms with E-state index in [-0.39, 0.29) is 6.04 Å². The number of hydrogen-bond donors (Lipinski definition) is 2. The second-order valence-corrected chi connectivity index (χ2v) is 6.15. The van der Waals surface area contributed by atoms with E-state index < -0.39 is 0 Å². The Hall–Kier alpha value is -2.47. The molecule has 24 heavy (non-hydrogen) atoms. The molecule has 1 atom stereocenters. The van der Waals surface area contributed by atoms with E-state index in [1.807, 2.05) is 35.9 Å². The summed E-state index contributed by atoms with van der Waals surface area (Å²) in [5, 5.41) is 9.05. The van der Waals surface area contributed by atoms with Gasteiger partial charge in [-0.3, -0.25) is 4.68 Å². The van der Waals surface area contributed by atoms with E-state index in [2.05, 4.69) is 40.3 Å². The second kappa shape index (κ2) is 6.97. The first-order chi connectivity index (χ1) is 11.6. The molecule has 0 spiro atoms. The van der Waals surface area contributed by atoms with Crippen molar-refractivity contribution in [3.63, 3.8) is 0 Å². The van der Waals surface area contributed by atoms with Crippen molar-refractivity contribution in [2.24, 2.45) is 5.73 Å². The number of hydrogen-bond acceptors (Lipinski definition) is 5. The first-order valence-corrected chi connectivity index (χ1v) is 8.31. The van der Waals surface area contributed by atoms with Crippen molar-refractivity contribution in [1.82, 2.24) is 19.7 Å². The molecule has 0 saturated heterocycles. The van der Waals surface area contributed by atoms with Crippen LogP contribution in [0.3, 0.4) is 0 Å². The molecule has 1 unspecified atom stereocenters. The lowest BCUT2D eigenvalue weighted by Gasteiger charge is -2.17. The van der Waals surface area contributed by atoms with Gasteiger partial charge in [0.2, 0.25) is 0 Å². The summed E-state index contributed by atoms with van der Waals surface area (Å²) in [5.74, 6) is 1.63. The van der Waals surface area contributed by atoms with Crippen LogP contribution in [0.2, 0.25) is 0 Å². The van der Waals surface area contributed by atoms with Gasteiger partial charge < -0.3 is 11.1 Å². The van der Waals surface area contributed by atoms with Gasteiger partial charge in [-0.15, -0.1) is 0 Å². The van der Waals surface area contributed by atoms with Gasteiger partial charge in [-0.05, 0) is 45.5 Å². The highest BCUT2D eigenvalue weighted by atomic mass is 15.3. The van der Waals surface area contributed by atoms with Crippen LogP contribution in [0.25, 0.3) is 10.9 Å². The molecule has 3 N–H and O–H groups in total.